The van der Waals surface area contributed by atoms with Crippen LogP contribution in [0.25, 0.3) is 5.69 Å². The Morgan fingerprint density at radius 3 is 2.59 bits per heavy atom. The first kappa shape index (κ1) is 14.4. The SMILES string of the molecule is O=[N+]([O-])c1ccc(Sc2nnnn2-c2ccc(Cl)cc2)nc1. The molecule has 2 heterocycles. The zero-order valence-electron chi connectivity index (χ0n) is 10.8. The van der Waals surface area contributed by atoms with Gasteiger partial charge in [-0.15, -0.1) is 5.10 Å². The standard InChI is InChI=1S/C12H7ClN6O2S/c13-8-1-3-9(4-2-8)18-12(15-16-17-18)22-11-6-5-10(7-14-11)19(20)21/h1-7H. The number of halogens is 1. The molecule has 10 heteroatoms. The number of pyridine rings is 1. The van der Waals surface area contributed by atoms with Crippen molar-refractivity contribution in [3.05, 3.63) is 57.7 Å². The lowest BCUT2D eigenvalue weighted by molar-refractivity contribution is -0.385. The molecule has 0 aliphatic rings. The monoisotopic (exact) mass is 334 g/mol. The zero-order chi connectivity index (χ0) is 15.5. The van der Waals surface area contributed by atoms with Gasteiger partial charge in [0.05, 0.1) is 10.6 Å². The van der Waals surface area contributed by atoms with Crippen molar-refractivity contribution in [2.24, 2.45) is 0 Å². The number of hydrogen-bond acceptors (Lipinski definition) is 7. The van der Waals surface area contributed by atoms with Gasteiger partial charge in [0.2, 0.25) is 5.16 Å². The van der Waals surface area contributed by atoms with Crippen molar-refractivity contribution in [1.29, 1.82) is 0 Å². The van der Waals surface area contributed by atoms with Gasteiger partial charge in [-0.3, -0.25) is 10.1 Å². The normalized spacial score (nSPS) is 10.6. The average Bonchev–Trinajstić information content (AvgIpc) is 2.97. The molecule has 0 aliphatic carbocycles. The molecule has 0 atom stereocenters. The second kappa shape index (κ2) is 6.08. The van der Waals surface area contributed by atoms with E-state index in [2.05, 4.69) is 20.5 Å². The van der Waals surface area contributed by atoms with Gasteiger partial charge < -0.3 is 0 Å². The minimum absolute atomic E-state index is 0.0679. The molecule has 0 radical (unpaired) electrons. The van der Waals surface area contributed by atoms with Gasteiger partial charge in [0.1, 0.15) is 11.2 Å². The Morgan fingerprint density at radius 1 is 1.18 bits per heavy atom. The van der Waals surface area contributed by atoms with Crippen LogP contribution in [0.1, 0.15) is 0 Å². The summed E-state index contributed by atoms with van der Waals surface area (Å²) in [6, 6.07) is 9.96. The fourth-order valence-electron chi connectivity index (χ4n) is 1.62. The first-order valence-electron chi connectivity index (χ1n) is 5.96. The topological polar surface area (TPSA) is 99.6 Å². The number of benzene rings is 1. The van der Waals surface area contributed by atoms with Gasteiger partial charge in [0, 0.05) is 11.1 Å². The van der Waals surface area contributed by atoms with Crippen LogP contribution in [0.4, 0.5) is 5.69 Å². The van der Waals surface area contributed by atoms with Crippen molar-refractivity contribution in [2.75, 3.05) is 0 Å². The van der Waals surface area contributed by atoms with E-state index in [9.17, 15) is 10.1 Å². The highest BCUT2D eigenvalue weighted by molar-refractivity contribution is 7.99. The predicted octanol–water partition coefficient (Wildman–Crippen LogP) is 2.77. The highest BCUT2D eigenvalue weighted by atomic mass is 35.5. The molecule has 0 fully saturated rings. The Kier molecular flexibility index (Phi) is 3.98. The first-order chi connectivity index (χ1) is 10.6. The van der Waals surface area contributed by atoms with Crippen LogP contribution in [0.5, 0.6) is 0 Å². The molecule has 0 saturated carbocycles. The Bertz CT molecular complexity index is 805. The summed E-state index contributed by atoms with van der Waals surface area (Å²) in [4.78, 5) is 14.1. The van der Waals surface area contributed by atoms with Crippen molar-refractivity contribution < 1.29 is 4.92 Å². The van der Waals surface area contributed by atoms with E-state index >= 15 is 0 Å². The van der Waals surface area contributed by atoms with E-state index in [1.165, 1.54) is 28.7 Å². The Morgan fingerprint density at radius 2 is 1.95 bits per heavy atom. The number of nitro groups is 1. The summed E-state index contributed by atoms with van der Waals surface area (Å²) in [6.45, 7) is 0. The molecule has 110 valence electrons. The molecule has 0 aliphatic heterocycles. The van der Waals surface area contributed by atoms with E-state index in [-0.39, 0.29) is 5.69 Å². The van der Waals surface area contributed by atoms with E-state index in [1.54, 1.807) is 30.3 Å². The van der Waals surface area contributed by atoms with E-state index < -0.39 is 4.92 Å². The third-order valence-corrected chi connectivity index (χ3v) is 3.78. The van der Waals surface area contributed by atoms with Gasteiger partial charge in [0.25, 0.3) is 5.69 Å². The fourth-order valence-corrected chi connectivity index (χ4v) is 2.48. The number of aromatic nitrogens is 5. The van der Waals surface area contributed by atoms with Crippen molar-refractivity contribution in [2.45, 2.75) is 10.2 Å². The van der Waals surface area contributed by atoms with Crippen molar-refractivity contribution >= 4 is 29.1 Å². The smallest absolute Gasteiger partial charge is 0.258 e. The summed E-state index contributed by atoms with van der Waals surface area (Å²) in [5, 5.41) is 23.7. The number of tetrazole rings is 1. The summed E-state index contributed by atoms with van der Waals surface area (Å²) >= 11 is 7.05. The van der Waals surface area contributed by atoms with Crippen LogP contribution in [0, 0.1) is 10.1 Å². The molecule has 0 saturated heterocycles. The van der Waals surface area contributed by atoms with E-state index in [0.717, 1.165) is 5.69 Å². The molecule has 22 heavy (non-hydrogen) atoms. The molecule has 0 bridgehead atoms. The van der Waals surface area contributed by atoms with Gasteiger partial charge in [-0.1, -0.05) is 11.6 Å². The van der Waals surface area contributed by atoms with Gasteiger partial charge in [-0.2, -0.15) is 4.68 Å². The average molecular weight is 335 g/mol. The van der Waals surface area contributed by atoms with Crippen LogP contribution >= 0.6 is 23.4 Å². The third-order valence-electron chi connectivity index (χ3n) is 2.64. The number of rotatable bonds is 4. The number of nitrogens with zero attached hydrogens (tertiary/aromatic N) is 6. The molecule has 2 aromatic heterocycles. The lowest BCUT2D eigenvalue weighted by Gasteiger charge is -2.03. The predicted molar refractivity (Wildman–Crippen MR) is 79.2 cm³/mol. The lowest BCUT2D eigenvalue weighted by Crippen LogP contribution is -1.98. The summed E-state index contributed by atoms with van der Waals surface area (Å²) in [5.41, 5.74) is 0.681. The molecule has 1 aromatic carbocycles. The largest absolute Gasteiger partial charge is 0.287 e. The van der Waals surface area contributed by atoms with Crippen LogP contribution in [0.3, 0.4) is 0 Å². The quantitative estimate of drug-likeness (QED) is 0.534. The van der Waals surface area contributed by atoms with E-state index in [4.69, 9.17) is 11.6 Å². The fraction of sp³-hybridized carbons (Fsp3) is 0. The lowest BCUT2D eigenvalue weighted by atomic mass is 10.3. The molecule has 0 N–H and O–H groups in total. The summed E-state index contributed by atoms with van der Waals surface area (Å²) in [6.07, 6.45) is 1.19. The second-order valence-corrected chi connectivity index (χ2v) is 5.49. The summed E-state index contributed by atoms with van der Waals surface area (Å²) in [5.74, 6) is 0. The van der Waals surface area contributed by atoms with E-state index in [0.29, 0.717) is 15.2 Å². The van der Waals surface area contributed by atoms with Crippen molar-refractivity contribution in [1.82, 2.24) is 25.2 Å². The Balaban J connectivity index is 1.86. The zero-order valence-corrected chi connectivity index (χ0v) is 12.4. The molecule has 3 rings (SSSR count). The Labute approximate surface area is 133 Å². The van der Waals surface area contributed by atoms with Crippen LogP contribution in [-0.2, 0) is 0 Å². The molecule has 8 nitrogen and oxygen atoms in total. The molecule has 0 unspecified atom stereocenters. The van der Waals surface area contributed by atoms with Crippen LogP contribution in [-0.4, -0.2) is 30.1 Å². The molecule has 3 aromatic rings. The van der Waals surface area contributed by atoms with Crippen LogP contribution < -0.4 is 0 Å². The summed E-state index contributed by atoms with van der Waals surface area (Å²) in [7, 11) is 0. The highest BCUT2D eigenvalue weighted by Gasteiger charge is 2.12. The number of hydrogen-bond donors (Lipinski definition) is 0. The second-order valence-electron chi connectivity index (χ2n) is 4.06. The van der Waals surface area contributed by atoms with Gasteiger partial charge in [0.15, 0.2) is 0 Å². The van der Waals surface area contributed by atoms with Gasteiger partial charge in [-0.05, 0) is 52.5 Å². The van der Waals surface area contributed by atoms with Crippen molar-refractivity contribution in [3.63, 3.8) is 0 Å². The van der Waals surface area contributed by atoms with E-state index in [1.807, 2.05) is 0 Å². The Hall–Kier alpha value is -2.52. The molecular weight excluding hydrogens is 328 g/mol. The first-order valence-corrected chi connectivity index (χ1v) is 7.15. The van der Waals surface area contributed by atoms with Crippen LogP contribution in [0.2, 0.25) is 5.02 Å². The van der Waals surface area contributed by atoms with Gasteiger partial charge >= 0.3 is 0 Å². The maximum absolute atomic E-state index is 10.6. The summed E-state index contributed by atoms with van der Waals surface area (Å²) < 4.78 is 1.53. The minimum atomic E-state index is -0.501. The molecular formula is C12H7ClN6O2S. The minimum Gasteiger partial charge on any atom is -0.258 e. The van der Waals surface area contributed by atoms with Crippen LogP contribution in [0.15, 0.2) is 52.8 Å². The van der Waals surface area contributed by atoms with Gasteiger partial charge in [-0.25, -0.2) is 4.98 Å². The maximum atomic E-state index is 10.6. The molecule has 0 amide bonds. The molecule has 0 spiro atoms. The highest BCUT2D eigenvalue weighted by Crippen LogP contribution is 2.26. The maximum Gasteiger partial charge on any atom is 0.287 e. The van der Waals surface area contributed by atoms with Crippen molar-refractivity contribution in [3.8, 4) is 5.69 Å². The third kappa shape index (κ3) is 3.05.